The van der Waals surface area contributed by atoms with Crippen LogP contribution in [0.25, 0.3) is 0 Å². The number of carbonyl (C=O) groups excluding carboxylic acids is 1. The highest BCUT2D eigenvalue weighted by atomic mass is 35.5. The van der Waals surface area contributed by atoms with E-state index in [-0.39, 0.29) is 23.4 Å². The zero-order valence-corrected chi connectivity index (χ0v) is 18.7. The Labute approximate surface area is 185 Å². The number of benzene rings is 1. The molecule has 4 fully saturated rings. The fraction of sp³-hybridized carbons (Fsp3) is 0.640. The van der Waals surface area contributed by atoms with Gasteiger partial charge in [0.05, 0.1) is 5.92 Å². The van der Waals surface area contributed by atoms with Gasteiger partial charge in [0.15, 0.2) is 0 Å². The van der Waals surface area contributed by atoms with E-state index in [2.05, 4.69) is 29.4 Å². The molecule has 1 aromatic rings. The molecule has 2 aliphatic heterocycles. The number of anilines is 1. The average molecular weight is 429 g/mol. The highest BCUT2D eigenvalue weighted by Gasteiger charge is 2.55. The van der Waals surface area contributed by atoms with Crippen LogP contribution in [0.15, 0.2) is 36.4 Å². The molecule has 4 aliphatic rings. The van der Waals surface area contributed by atoms with Gasteiger partial charge < -0.3 is 9.64 Å². The molecule has 5 rings (SSSR count). The number of ether oxygens (including phenoxy) is 1. The van der Waals surface area contributed by atoms with E-state index in [4.69, 9.17) is 16.3 Å². The van der Waals surface area contributed by atoms with E-state index in [1.807, 2.05) is 18.2 Å². The Morgan fingerprint density at radius 1 is 1.27 bits per heavy atom. The molecule has 4 nitrogen and oxygen atoms in total. The van der Waals surface area contributed by atoms with Gasteiger partial charge in [-0.1, -0.05) is 36.7 Å². The van der Waals surface area contributed by atoms with E-state index in [1.54, 1.807) is 0 Å². The monoisotopic (exact) mass is 428 g/mol. The fourth-order valence-corrected chi connectivity index (χ4v) is 6.79. The molecule has 0 bridgehead atoms. The number of nitrogens with zero attached hydrogens (tertiary/aromatic N) is 2. The van der Waals surface area contributed by atoms with Gasteiger partial charge >= 0.3 is 5.97 Å². The molecular formula is C25H33ClN2O2. The Morgan fingerprint density at radius 3 is 2.83 bits per heavy atom. The van der Waals surface area contributed by atoms with Crippen LogP contribution in [0.3, 0.4) is 0 Å². The first-order valence-electron chi connectivity index (χ1n) is 11.5. The van der Waals surface area contributed by atoms with Crippen LogP contribution in [0.1, 0.15) is 39.0 Å². The number of piperazine rings is 1. The molecule has 0 radical (unpaired) electrons. The van der Waals surface area contributed by atoms with Crippen molar-refractivity contribution < 1.29 is 9.53 Å². The Balaban J connectivity index is 1.23. The fourth-order valence-electron chi connectivity index (χ4n) is 6.60. The summed E-state index contributed by atoms with van der Waals surface area (Å²) in [6, 6.07) is 8.08. The maximum absolute atomic E-state index is 12.8. The zero-order valence-electron chi connectivity index (χ0n) is 18.0. The molecule has 2 aliphatic carbocycles. The summed E-state index contributed by atoms with van der Waals surface area (Å²) in [5.41, 5.74) is 2.87. The highest BCUT2D eigenvalue weighted by Crippen LogP contribution is 2.56. The third-order valence-electron chi connectivity index (χ3n) is 8.32. The number of fused-ring (bicyclic) bond motifs is 2. The van der Waals surface area contributed by atoms with E-state index in [0.717, 1.165) is 57.0 Å². The molecule has 162 valence electrons. The minimum absolute atomic E-state index is 0.0204. The molecule has 5 unspecified atom stereocenters. The first-order chi connectivity index (χ1) is 14.4. The smallest absolute Gasteiger partial charge is 0.310 e. The quantitative estimate of drug-likeness (QED) is 0.512. The second-order valence-electron chi connectivity index (χ2n) is 10.2. The maximum Gasteiger partial charge on any atom is 0.310 e. The number of esters is 1. The number of carbonyl (C=O) groups is 1. The molecule has 0 N–H and O–H groups in total. The number of rotatable bonds is 3. The van der Waals surface area contributed by atoms with Crippen LogP contribution < -0.4 is 4.90 Å². The van der Waals surface area contributed by atoms with Gasteiger partial charge in [0.25, 0.3) is 0 Å². The minimum atomic E-state index is 0.0204. The molecule has 5 heteroatoms. The van der Waals surface area contributed by atoms with Gasteiger partial charge in [0, 0.05) is 49.4 Å². The van der Waals surface area contributed by atoms with Crippen LogP contribution in [-0.4, -0.2) is 49.7 Å². The third-order valence-corrected chi connectivity index (χ3v) is 8.56. The van der Waals surface area contributed by atoms with Crippen molar-refractivity contribution in [1.82, 2.24) is 4.90 Å². The van der Waals surface area contributed by atoms with Gasteiger partial charge in [-0.2, -0.15) is 0 Å². The number of halogens is 1. The van der Waals surface area contributed by atoms with Crippen molar-refractivity contribution >= 4 is 23.3 Å². The zero-order chi connectivity index (χ0) is 20.9. The van der Waals surface area contributed by atoms with Crippen LogP contribution in [-0.2, 0) is 9.53 Å². The molecule has 0 amide bonds. The molecule has 0 spiro atoms. The Bertz CT molecular complexity index is 834. The van der Waals surface area contributed by atoms with E-state index in [1.165, 1.54) is 24.1 Å². The molecule has 0 aromatic heterocycles. The van der Waals surface area contributed by atoms with Crippen LogP contribution in [0.2, 0.25) is 5.02 Å². The summed E-state index contributed by atoms with van der Waals surface area (Å²) in [5, 5.41) is 0.781. The molecular weight excluding hydrogens is 396 g/mol. The second-order valence-corrected chi connectivity index (χ2v) is 10.6. The lowest BCUT2D eigenvalue weighted by atomic mass is 9.55. The maximum atomic E-state index is 12.8. The van der Waals surface area contributed by atoms with Gasteiger partial charge in [-0.3, -0.25) is 9.69 Å². The minimum Gasteiger partial charge on any atom is -0.462 e. The first kappa shape index (κ1) is 20.4. The Kier molecular flexibility index (Phi) is 5.35. The highest BCUT2D eigenvalue weighted by molar-refractivity contribution is 6.30. The van der Waals surface area contributed by atoms with Crippen molar-refractivity contribution in [3.8, 4) is 0 Å². The summed E-state index contributed by atoms with van der Waals surface area (Å²) >= 11 is 6.16. The van der Waals surface area contributed by atoms with Crippen LogP contribution >= 0.6 is 11.6 Å². The van der Waals surface area contributed by atoms with Crippen LogP contribution in [0.4, 0.5) is 5.69 Å². The van der Waals surface area contributed by atoms with Crippen molar-refractivity contribution in [2.24, 2.45) is 23.2 Å². The first-order valence-corrected chi connectivity index (χ1v) is 11.9. The normalized spacial score (nSPS) is 36.9. The Hall–Kier alpha value is -1.52. The van der Waals surface area contributed by atoms with Gasteiger partial charge in [-0.05, 0) is 61.6 Å². The molecule has 2 saturated heterocycles. The van der Waals surface area contributed by atoms with Crippen molar-refractivity contribution in [3.05, 3.63) is 41.4 Å². The van der Waals surface area contributed by atoms with Crippen molar-refractivity contribution in [3.63, 3.8) is 0 Å². The topological polar surface area (TPSA) is 32.8 Å². The summed E-state index contributed by atoms with van der Waals surface area (Å²) in [5.74, 6) is 0.975. The standard InChI is InChI=1S/C25H33ClN2O2/c1-17-5-4-8-25(2)15-23-20(14-22(17)25)21(24(29)30-23)16-27-9-11-28(12-10-27)19-7-3-6-18(26)13-19/h3,6-7,13,20-23H,1,4-5,8-12,14-16H2,2H3. The van der Waals surface area contributed by atoms with E-state index in [0.29, 0.717) is 11.8 Å². The van der Waals surface area contributed by atoms with Gasteiger partial charge in [0.2, 0.25) is 0 Å². The van der Waals surface area contributed by atoms with Crippen molar-refractivity contribution in [2.45, 2.75) is 45.1 Å². The summed E-state index contributed by atoms with van der Waals surface area (Å²) in [4.78, 5) is 17.7. The number of allylic oxidation sites excluding steroid dienone is 1. The van der Waals surface area contributed by atoms with Gasteiger partial charge in [-0.15, -0.1) is 0 Å². The predicted octanol–water partition coefficient (Wildman–Crippen LogP) is 4.78. The summed E-state index contributed by atoms with van der Waals surface area (Å²) in [6.07, 6.45) is 5.85. The van der Waals surface area contributed by atoms with Gasteiger partial charge in [-0.25, -0.2) is 0 Å². The van der Waals surface area contributed by atoms with Crippen molar-refractivity contribution in [1.29, 1.82) is 0 Å². The molecule has 30 heavy (non-hydrogen) atoms. The lowest BCUT2D eigenvalue weighted by molar-refractivity contribution is -0.146. The van der Waals surface area contributed by atoms with E-state index < -0.39 is 0 Å². The van der Waals surface area contributed by atoms with Gasteiger partial charge in [0.1, 0.15) is 6.10 Å². The van der Waals surface area contributed by atoms with Crippen molar-refractivity contribution in [2.75, 3.05) is 37.6 Å². The van der Waals surface area contributed by atoms with Crippen LogP contribution in [0, 0.1) is 23.2 Å². The number of hydrogen-bond donors (Lipinski definition) is 0. The average Bonchev–Trinajstić information content (AvgIpc) is 3.01. The van der Waals surface area contributed by atoms with Crippen LogP contribution in [0.5, 0.6) is 0 Å². The predicted molar refractivity (Wildman–Crippen MR) is 121 cm³/mol. The molecule has 2 heterocycles. The summed E-state index contributed by atoms with van der Waals surface area (Å²) in [7, 11) is 0. The lowest BCUT2D eigenvalue weighted by Gasteiger charge is -2.50. The van der Waals surface area contributed by atoms with E-state index in [9.17, 15) is 4.79 Å². The largest absolute Gasteiger partial charge is 0.462 e. The lowest BCUT2D eigenvalue weighted by Crippen LogP contribution is -2.50. The molecule has 5 atom stereocenters. The molecule has 1 aromatic carbocycles. The second kappa shape index (κ2) is 7.87. The number of hydrogen-bond acceptors (Lipinski definition) is 4. The SMILES string of the molecule is C=C1CCCC2(C)CC3OC(=O)C(CN4CCN(c5cccc(Cl)c5)CC4)C3CC12. The van der Waals surface area contributed by atoms with E-state index >= 15 is 0 Å². The third kappa shape index (κ3) is 3.67. The summed E-state index contributed by atoms with van der Waals surface area (Å²) < 4.78 is 5.95. The Morgan fingerprint density at radius 2 is 2.07 bits per heavy atom. The molecule has 2 saturated carbocycles. The summed E-state index contributed by atoms with van der Waals surface area (Å²) in [6.45, 7) is 11.5.